The smallest absolute Gasteiger partial charge is 0.337 e. The first kappa shape index (κ1) is 20.6. The number of aromatic carboxylic acids is 1. The molecule has 2 atom stereocenters. The van der Waals surface area contributed by atoms with Crippen LogP contribution in [-0.2, 0) is 4.79 Å². The maximum Gasteiger partial charge on any atom is 0.337 e. The van der Waals surface area contributed by atoms with Gasteiger partial charge in [0.05, 0.1) is 16.0 Å². The quantitative estimate of drug-likeness (QED) is 0.409. The van der Waals surface area contributed by atoms with Crippen LogP contribution in [0, 0.1) is 5.41 Å². The minimum atomic E-state index is -1.36. The third-order valence-electron chi connectivity index (χ3n) is 4.63. The van der Waals surface area contributed by atoms with E-state index in [0.717, 1.165) is 0 Å². The molecule has 2 aromatic carbocycles. The first-order chi connectivity index (χ1) is 12.6. The zero-order valence-corrected chi connectivity index (χ0v) is 17.3. The molecule has 0 aromatic heterocycles. The largest absolute Gasteiger partial charge is 0.478 e. The lowest BCUT2D eigenvalue weighted by molar-refractivity contribution is -0.112. The molecule has 1 aliphatic carbocycles. The lowest BCUT2D eigenvalue weighted by Crippen LogP contribution is -2.23. The number of nitrogens with one attached hydrogen (secondary N) is 1. The number of benzene rings is 2. The summed E-state index contributed by atoms with van der Waals surface area (Å²) in [4.78, 5) is 23.1. The highest BCUT2D eigenvalue weighted by Gasteiger charge is 2.76. The molecular weight excluding hydrogens is 455 g/mol. The summed E-state index contributed by atoms with van der Waals surface area (Å²) in [6.07, 6.45) is 0.702. The first-order valence-electron chi connectivity index (χ1n) is 7.69. The molecule has 0 heterocycles. The topological polar surface area (TPSA) is 66.4 Å². The van der Waals surface area contributed by atoms with Crippen LogP contribution in [0.1, 0.15) is 21.8 Å². The summed E-state index contributed by atoms with van der Waals surface area (Å²) in [6, 6.07) is 9.32. The Balaban J connectivity index is 1.87. The minimum Gasteiger partial charge on any atom is -0.478 e. The summed E-state index contributed by atoms with van der Waals surface area (Å²) in [5.74, 6) is -1.68. The fraction of sp³-hybridized carbons (Fsp3) is 0.222. The van der Waals surface area contributed by atoms with Crippen molar-refractivity contribution in [3.63, 3.8) is 0 Å². The molecule has 0 amide bonds. The molecule has 27 heavy (non-hydrogen) atoms. The highest BCUT2D eigenvalue weighted by molar-refractivity contribution is 6.54. The van der Waals surface area contributed by atoms with Crippen molar-refractivity contribution in [3.8, 4) is 0 Å². The third-order valence-corrected chi connectivity index (χ3v) is 6.53. The van der Waals surface area contributed by atoms with Crippen molar-refractivity contribution in [1.29, 1.82) is 0 Å². The maximum atomic E-state index is 11.9. The number of hydrogen-bond donors (Lipinski definition) is 2. The van der Waals surface area contributed by atoms with E-state index in [1.165, 1.54) is 12.1 Å². The highest BCUT2D eigenvalue weighted by Crippen LogP contribution is 2.73. The Hall–Kier alpha value is -1.17. The normalized spacial score (nSPS) is 22.9. The Bertz CT molecular complexity index is 913. The van der Waals surface area contributed by atoms with Gasteiger partial charge in [0.15, 0.2) is 0 Å². The summed E-state index contributed by atoms with van der Waals surface area (Å²) in [5.41, 5.74) is -0.0721. The summed E-state index contributed by atoms with van der Waals surface area (Å²) in [6.45, 7) is 0.0823. The van der Waals surface area contributed by atoms with Crippen LogP contribution in [0.15, 0.2) is 36.4 Å². The Morgan fingerprint density at radius 2 is 1.74 bits per heavy atom. The van der Waals surface area contributed by atoms with Crippen LogP contribution in [0.5, 0.6) is 0 Å². The van der Waals surface area contributed by atoms with E-state index >= 15 is 0 Å². The number of carbonyl (C=O) groups excluding carboxylic acids is 1. The van der Waals surface area contributed by atoms with Crippen molar-refractivity contribution in [1.82, 2.24) is 0 Å². The van der Waals surface area contributed by atoms with Crippen LogP contribution in [-0.4, -0.2) is 28.2 Å². The number of carbonyl (C=O) groups is 2. The van der Waals surface area contributed by atoms with Gasteiger partial charge in [-0.3, -0.25) is 0 Å². The molecule has 2 unspecified atom stereocenters. The Kier molecular flexibility index (Phi) is 5.59. The number of anilines is 1. The van der Waals surface area contributed by atoms with E-state index in [-0.39, 0.29) is 17.1 Å². The molecule has 1 saturated carbocycles. The molecule has 0 radical (unpaired) electrons. The van der Waals surface area contributed by atoms with Crippen LogP contribution in [0.3, 0.4) is 0 Å². The first-order valence-corrected chi connectivity index (χ1v) is 9.58. The molecule has 2 N–H and O–H groups in total. The monoisotopic (exact) mass is 465 g/mol. The SMILES string of the molecule is O=CC1(CNc2ccc(Cl)c(C(=O)O)c2)C(c2cc(Cl)cc(Cl)c2)C1(Cl)Cl. The average Bonchev–Trinajstić information content (AvgIpc) is 3.08. The fourth-order valence-electron chi connectivity index (χ4n) is 3.18. The number of alkyl halides is 2. The van der Waals surface area contributed by atoms with Gasteiger partial charge in [-0.1, -0.05) is 58.0 Å². The molecule has 0 saturated heterocycles. The zero-order valence-electron chi connectivity index (χ0n) is 13.5. The van der Waals surface area contributed by atoms with Crippen LogP contribution < -0.4 is 5.32 Å². The van der Waals surface area contributed by atoms with Crippen molar-refractivity contribution in [2.45, 2.75) is 10.3 Å². The summed E-state index contributed by atoms with van der Waals surface area (Å²) < 4.78 is -1.36. The molecular formula is C18H12Cl5NO3. The van der Waals surface area contributed by atoms with E-state index in [1.54, 1.807) is 24.3 Å². The highest BCUT2D eigenvalue weighted by atomic mass is 35.5. The molecule has 0 spiro atoms. The van der Waals surface area contributed by atoms with Gasteiger partial charge in [0.2, 0.25) is 0 Å². The lowest BCUT2D eigenvalue weighted by Gasteiger charge is -2.14. The lowest BCUT2D eigenvalue weighted by atomic mass is 10.00. The van der Waals surface area contributed by atoms with E-state index in [1.807, 2.05) is 0 Å². The predicted octanol–water partition coefficient (Wildman–Crippen LogP) is 5.91. The number of carboxylic acids is 1. The second-order valence-electron chi connectivity index (χ2n) is 6.27. The average molecular weight is 468 g/mol. The third kappa shape index (κ3) is 3.62. The van der Waals surface area contributed by atoms with Crippen molar-refractivity contribution in [2.24, 2.45) is 5.41 Å². The number of carboxylic acid groups (broad SMARTS) is 1. The van der Waals surface area contributed by atoms with Gasteiger partial charge in [0.25, 0.3) is 0 Å². The molecule has 9 heteroatoms. The van der Waals surface area contributed by atoms with E-state index in [0.29, 0.717) is 27.6 Å². The Morgan fingerprint density at radius 3 is 2.30 bits per heavy atom. The fourth-order valence-corrected chi connectivity index (χ4v) is 4.90. The van der Waals surface area contributed by atoms with E-state index in [2.05, 4.69) is 5.32 Å². The van der Waals surface area contributed by atoms with Gasteiger partial charge in [0.1, 0.15) is 10.6 Å². The molecule has 2 aromatic rings. The molecule has 4 nitrogen and oxygen atoms in total. The van der Waals surface area contributed by atoms with E-state index in [9.17, 15) is 9.59 Å². The maximum absolute atomic E-state index is 11.9. The van der Waals surface area contributed by atoms with Crippen molar-refractivity contribution in [3.05, 3.63) is 62.6 Å². The summed E-state index contributed by atoms with van der Waals surface area (Å²) in [5, 5.41) is 13.1. The van der Waals surface area contributed by atoms with Gasteiger partial charge in [-0.2, -0.15) is 0 Å². The molecule has 0 aliphatic heterocycles. The molecule has 142 valence electrons. The predicted molar refractivity (Wildman–Crippen MR) is 109 cm³/mol. The van der Waals surface area contributed by atoms with E-state index < -0.39 is 21.6 Å². The number of rotatable bonds is 6. The van der Waals surface area contributed by atoms with Crippen molar-refractivity contribution < 1.29 is 14.7 Å². The molecule has 0 bridgehead atoms. The van der Waals surface area contributed by atoms with Crippen LogP contribution in [0.25, 0.3) is 0 Å². The number of aldehydes is 1. The summed E-state index contributed by atoms with van der Waals surface area (Å²) >= 11 is 30.8. The van der Waals surface area contributed by atoms with Crippen LogP contribution in [0.2, 0.25) is 15.1 Å². The second kappa shape index (κ2) is 7.34. The van der Waals surface area contributed by atoms with Gasteiger partial charge >= 0.3 is 5.97 Å². The number of halogens is 5. The van der Waals surface area contributed by atoms with Gasteiger partial charge in [-0.05, 0) is 42.0 Å². The van der Waals surface area contributed by atoms with Crippen molar-refractivity contribution >= 4 is 75.9 Å². The Morgan fingerprint density at radius 1 is 1.11 bits per heavy atom. The van der Waals surface area contributed by atoms with Gasteiger partial charge < -0.3 is 15.2 Å². The zero-order chi connectivity index (χ0) is 20.0. The molecule has 3 rings (SSSR count). The van der Waals surface area contributed by atoms with Gasteiger partial charge in [0, 0.05) is 28.2 Å². The van der Waals surface area contributed by atoms with Gasteiger partial charge in [-0.25, -0.2) is 4.79 Å². The molecule has 1 aliphatic rings. The minimum absolute atomic E-state index is 0.0567. The van der Waals surface area contributed by atoms with Crippen molar-refractivity contribution in [2.75, 3.05) is 11.9 Å². The summed E-state index contributed by atoms with van der Waals surface area (Å²) in [7, 11) is 0. The van der Waals surface area contributed by atoms with Gasteiger partial charge in [-0.15, -0.1) is 0 Å². The van der Waals surface area contributed by atoms with E-state index in [4.69, 9.17) is 63.1 Å². The standard InChI is InChI=1S/C18H12Cl5NO3/c19-10-3-9(4-11(20)5-10)15-17(8-25,18(15,22)23)7-24-12-1-2-14(21)13(6-12)16(26)27/h1-6,8,15,24H,7H2,(H,26,27). The second-order valence-corrected chi connectivity index (χ2v) is 8.94. The van der Waals surface area contributed by atoms with Crippen LogP contribution in [0.4, 0.5) is 5.69 Å². The number of hydrogen-bond acceptors (Lipinski definition) is 3. The van der Waals surface area contributed by atoms with Crippen LogP contribution >= 0.6 is 58.0 Å². The molecule has 1 fully saturated rings. The Labute approximate surface area is 180 Å².